The van der Waals surface area contributed by atoms with Gasteiger partial charge in [0.25, 0.3) is 0 Å². The zero-order chi connectivity index (χ0) is 14.9. The fourth-order valence-electron chi connectivity index (χ4n) is 3.25. The summed E-state index contributed by atoms with van der Waals surface area (Å²) >= 11 is 0. The normalized spacial score (nSPS) is 21.5. The molecule has 1 spiro atoms. The molecule has 124 valence electrons. The van der Waals surface area contributed by atoms with Crippen molar-refractivity contribution in [3.8, 4) is 5.88 Å². The number of nitrogens with zero attached hydrogens (tertiary/aromatic N) is 2. The minimum atomic E-state index is -3.44. The van der Waals surface area contributed by atoms with Gasteiger partial charge in [0, 0.05) is 19.2 Å². The molecule has 8 heteroatoms. The van der Waals surface area contributed by atoms with E-state index in [0.29, 0.717) is 19.0 Å². The molecule has 2 saturated heterocycles. The Balaban J connectivity index is 0.00000176. The SMILES string of the molecule is COc1ccc(S(=O)(=O)N2CCC3(CCNCC3)C2)cn1.Cl. The van der Waals surface area contributed by atoms with Gasteiger partial charge in [0.15, 0.2) is 0 Å². The van der Waals surface area contributed by atoms with E-state index < -0.39 is 10.0 Å². The Kier molecular flexibility index (Phi) is 5.32. The molecule has 2 fully saturated rings. The quantitative estimate of drug-likeness (QED) is 0.891. The van der Waals surface area contributed by atoms with E-state index in [1.54, 1.807) is 16.4 Å². The second-order valence-electron chi connectivity index (χ2n) is 5.87. The number of rotatable bonds is 3. The van der Waals surface area contributed by atoms with Crippen LogP contribution in [0.25, 0.3) is 0 Å². The lowest BCUT2D eigenvalue weighted by molar-refractivity contribution is 0.218. The summed E-state index contributed by atoms with van der Waals surface area (Å²) in [6.45, 7) is 3.20. The van der Waals surface area contributed by atoms with Crippen molar-refractivity contribution in [1.29, 1.82) is 0 Å². The maximum absolute atomic E-state index is 12.7. The van der Waals surface area contributed by atoms with Crippen molar-refractivity contribution < 1.29 is 13.2 Å². The van der Waals surface area contributed by atoms with Crippen molar-refractivity contribution in [2.24, 2.45) is 5.41 Å². The molecule has 0 saturated carbocycles. The summed E-state index contributed by atoms with van der Waals surface area (Å²) < 4.78 is 32.0. The first-order valence-corrected chi connectivity index (χ1v) is 8.71. The molecule has 0 unspecified atom stereocenters. The predicted molar refractivity (Wildman–Crippen MR) is 85.9 cm³/mol. The van der Waals surface area contributed by atoms with E-state index in [2.05, 4.69) is 10.3 Å². The van der Waals surface area contributed by atoms with Crippen LogP contribution in [0.15, 0.2) is 23.2 Å². The number of methoxy groups -OCH3 is 1. The highest BCUT2D eigenvalue weighted by atomic mass is 35.5. The van der Waals surface area contributed by atoms with E-state index in [1.165, 1.54) is 13.3 Å². The van der Waals surface area contributed by atoms with Crippen molar-refractivity contribution >= 4 is 22.4 Å². The minimum absolute atomic E-state index is 0. The summed E-state index contributed by atoms with van der Waals surface area (Å²) in [5.41, 5.74) is 0.165. The Morgan fingerprint density at radius 2 is 2.00 bits per heavy atom. The number of sulfonamides is 1. The Labute approximate surface area is 137 Å². The van der Waals surface area contributed by atoms with Crippen LogP contribution in [0.2, 0.25) is 0 Å². The van der Waals surface area contributed by atoms with Gasteiger partial charge in [-0.25, -0.2) is 13.4 Å². The lowest BCUT2D eigenvalue weighted by Gasteiger charge is -2.33. The van der Waals surface area contributed by atoms with E-state index in [9.17, 15) is 8.42 Å². The monoisotopic (exact) mass is 347 g/mol. The maximum Gasteiger partial charge on any atom is 0.244 e. The van der Waals surface area contributed by atoms with Crippen molar-refractivity contribution in [3.63, 3.8) is 0 Å². The third-order valence-electron chi connectivity index (χ3n) is 4.62. The fourth-order valence-corrected chi connectivity index (χ4v) is 4.75. The van der Waals surface area contributed by atoms with Crippen LogP contribution in [0.3, 0.4) is 0 Å². The van der Waals surface area contributed by atoms with Crippen LogP contribution < -0.4 is 10.1 Å². The predicted octanol–water partition coefficient (Wildman–Crippen LogP) is 1.28. The van der Waals surface area contributed by atoms with Crippen molar-refractivity contribution in [1.82, 2.24) is 14.6 Å². The molecule has 0 amide bonds. The molecule has 3 heterocycles. The van der Waals surface area contributed by atoms with E-state index in [0.717, 1.165) is 32.4 Å². The van der Waals surface area contributed by atoms with Gasteiger partial charge in [-0.2, -0.15) is 4.31 Å². The van der Waals surface area contributed by atoms with Gasteiger partial charge < -0.3 is 10.1 Å². The molecular formula is C14H22ClN3O3S. The number of pyridine rings is 1. The van der Waals surface area contributed by atoms with Crippen LogP contribution in [0, 0.1) is 5.41 Å². The molecule has 2 aliphatic heterocycles. The second-order valence-corrected chi connectivity index (χ2v) is 7.81. The third-order valence-corrected chi connectivity index (χ3v) is 6.45. The lowest BCUT2D eigenvalue weighted by atomic mass is 9.78. The van der Waals surface area contributed by atoms with Gasteiger partial charge >= 0.3 is 0 Å². The van der Waals surface area contributed by atoms with Crippen molar-refractivity contribution in [3.05, 3.63) is 18.3 Å². The number of hydrogen-bond acceptors (Lipinski definition) is 5. The van der Waals surface area contributed by atoms with E-state index in [-0.39, 0.29) is 22.7 Å². The number of nitrogens with one attached hydrogen (secondary N) is 1. The highest BCUT2D eigenvalue weighted by Crippen LogP contribution is 2.40. The summed E-state index contributed by atoms with van der Waals surface area (Å²) in [4.78, 5) is 4.25. The summed E-state index contributed by atoms with van der Waals surface area (Å²) in [6.07, 6.45) is 4.44. The van der Waals surface area contributed by atoms with Gasteiger partial charge in [-0.1, -0.05) is 0 Å². The first-order chi connectivity index (χ1) is 10.1. The van der Waals surface area contributed by atoms with Crippen molar-refractivity contribution in [2.45, 2.75) is 24.2 Å². The van der Waals surface area contributed by atoms with Crippen LogP contribution in [0.1, 0.15) is 19.3 Å². The van der Waals surface area contributed by atoms with Gasteiger partial charge in [-0.15, -0.1) is 12.4 Å². The lowest BCUT2D eigenvalue weighted by Crippen LogP contribution is -2.39. The highest BCUT2D eigenvalue weighted by Gasteiger charge is 2.43. The van der Waals surface area contributed by atoms with Crippen LogP contribution in [-0.2, 0) is 10.0 Å². The molecule has 6 nitrogen and oxygen atoms in total. The summed E-state index contributed by atoms with van der Waals surface area (Å²) in [5, 5.41) is 3.34. The van der Waals surface area contributed by atoms with Gasteiger partial charge in [0.1, 0.15) is 4.90 Å². The third kappa shape index (κ3) is 3.22. The molecular weight excluding hydrogens is 326 g/mol. The molecule has 1 aromatic heterocycles. The first kappa shape index (κ1) is 17.5. The highest BCUT2D eigenvalue weighted by molar-refractivity contribution is 7.89. The molecule has 0 bridgehead atoms. The van der Waals surface area contributed by atoms with Gasteiger partial charge in [0.2, 0.25) is 15.9 Å². The molecule has 1 aromatic rings. The maximum atomic E-state index is 12.7. The van der Waals surface area contributed by atoms with Crippen LogP contribution in [0.5, 0.6) is 5.88 Å². The Morgan fingerprint density at radius 1 is 1.27 bits per heavy atom. The van der Waals surface area contributed by atoms with Crippen LogP contribution in [0.4, 0.5) is 0 Å². The van der Waals surface area contributed by atoms with Crippen molar-refractivity contribution in [2.75, 3.05) is 33.3 Å². The molecule has 0 aliphatic carbocycles. The number of halogens is 1. The molecule has 1 N–H and O–H groups in total. The zero-order valence-corrected chi connectivity index (χ0v) is 14.3. The Morgan fingerprint density at radius 3 is 2.59 bits per heavy atom. The molecule has 0 radical (unpaired) electrons. The molecule has 3 rings (SSSR count). The average molecular weight is 348 g/mol. The fraction of sp³-hybridized carbons (Fsp3) is 0.643. The molecule has 2 aliphatic rings. The van der Waals surface area contributed by atoms with E-state index in [1.807, 2.05) is 0 Å². The minimum Gasteiger partial charge on any atom is -0.481 e. The van der Waals surface area contributed by atoms with E-state index >= 15 is 0 Å². The summed E-state index contributed by atoms with van der Waals surface area (Å²) in [5.74, 6) is 0.421. The summed E-state index contributed by atoms with van der Waals surface area (Å²) in [7, 11) is -1.93. The number of aromatic nitrogens is 1. The topological polar surface area (TPSA) is 71.5 Å². The van der Waals surface area contributed by atoms with Gasteiger partial charge in [0.05, 0.1) is 13.3 Å². The molecule has 0 aromatic carbocycles. The molecule has 22 heavy (non-hydrogen) atoms. The second kappa shape index (κ2) is 6.70. The largest absolute Gasteiger partial charge is 0.481 e. The summed E-state index contributed by atoms with van der Waals surface area (Å²) in [6, 6.07) is 3.15. The van der Waals surface area contributed by atoms with Crippen LogP contribution >= 0.6 is 12.4 Å². The van der Waals surface area contributed by atoms with E-state index in [4.69, 9.17) is 4.74 Å². The Hall–Kier alpha value is -0.890. The van der Waals surface area contributed by atoms with Gasteiger partial charge in [-0.3, -0.25) is 0 Å². The standard InChI is InChI=1S/C14H21N3O3S.ClH/c1-20-13-3-2-12(10-16-13)21(18,19)17-9-6-14(11-17)4-7-15-8-5-14;/h2-3,10,15H,4-9,11H2,1H3;1H. The smallest absolute Gasteiger partial charge is 0.244 e. The first-order valence-electron chi connectivity index (χ1n) is 7.27. The number of piperidine rings is 1. The average Bonchev–Trinajstić information content (AvgIpc) is 2.92. The Bertz CT molecular complexity index is 600. The number of hydrogen-bond donors (Lipinski definition) is 1. The van der Waals surface area contributed by atoms with Gasteiger partial charge in [-0.05, 0) is 43.8 Å². The zero-order valence-electron chi connectivity index (χ0n) is 12.6. The van der Waals surface area contributed by atoms with Crippen LogP contribution in [-0.4, -0.2) is 51.0 Å². The number of ether oxygens (including phenoxy) is 1. The molecule has 0 atom stereocenters.